The van der Waals surface area contributed by atoms with Crippen LogP contribution >= 0.6 is 0 Å². The maximum Gasteiger partial charge on any atom is 0.286 e. The number of carbonyl (C=O) groups is 1. The van der Waals surface area contributed by atoms with Crippen LogP contribution in [0.5, 0.6) is 5.88 Å². The zero-order chi connectivity index (χ0) is 25.8. The van der Waals surface area contributed by atoms with Gasteiger partial charge in [-0.3, -0.25) is 4.79 Å². The largest absolute Gasteiger partial charge is 0.479 e. The molecule has 14 heteroatoms. The lowest BCUT2D eigenvalue weighted by atomic mass is 10.1. The molecule has 4 heterocycles. The Labute approximate surface area is 201 Å². The van der Waals surface area contributed by atoms with E-state index in [2.05, 4.69) is 25.7 Å². The van der Waals surface area contributed by atoms with Crippen LogP contribution in [0.1, 0.15) is 13.8 Å². The highest BCUT2D eigenvalue weighted by Crippen LogP contribution is 2.36. The Morgan fingerprint density at radius 1 is 1.36 bits per heavy atom. The minimum absolute atomic E-state index is 0.0206. The van der Waals surface area contributed by atoms with Gasteiger partial charge in [-0.25, -0.2) is 26.8 Å². The number of ether oxygens (including phenoxy) is 1. The molecule has 1 aromatic carbocycles. The number of rotatable bonds is 6. The monoisotopic (exact) mass is 506 g/mol. The van der Waals surface area contributed by atoms with Gasteiger partial charge < -0.3 is 15.0 Å². The molecule has 0 spiro atoms. The third-order valence-electron chi connectivity index (χ3n) is 6.04. The smallest absolute Gasteiger partial charge is 0.286 e. The molecular weight excluding hydrogens is 484 g/mol. The summed E-state index contributed by atoms with van der Waals surface area (Å²) in [4.78, 5) is 16.8. The van der Waals surface area contributed by atoms with Crippen LogP contribution in [0.4, 0.5) is 23.5 Å². The second kappa shape index (κ2) is 8.60. The minimum atomic E-state index is -3.21. The van der Waals surface area contributed by atoms with Gasteiger partial charge in [-0.15, -0.1) is 10.2 Å². The number of halogens is 4. The van der Waals surface area contributed by atoms with E-state index in [0.717, 1.165) is 15.6 Å². The van der Waals surface area contributed by atoms with E-state index in [1.807, 2.05) is 0 Å². The summed E-state index contributed by atoms with van der Waals surface area (Å²) in [5, 5.41) is 14.7. The Morgan fingerprint density at radius 3 is 2.81 bits per heavy atom. The summed E-state index contributed by atoms with van der Waals surface area (Å²) < 4.78 is 65.6. The number of amides is 1. The topological polar surface area (TPSA) is 102 Å². The summed E-state index contributed by atoms with van der Waals surface area (Å²) in [5.41, 5.74) is 1.71. The number of nitrogens with zero attached hydrogens (tertiary/aromatic N) is 7. The number of hydrogen-bond donors (Lipinski definition) is 1. The van der Waals surface area contributed by atoms with Crippen molar-refractivity contribution in [2.45, 2.75) is 38.5 Å². The Morgan fingerprint density at radius 2 is 2.14 bits per heavy atom. The summed E-state index contributed by atoms with van der Waals surface area (Å²) in [6.07, 6.45) is -0.0854. The quantitative estimate of drug-likeness (QED) is 0.401. The fourth-order valence-corrected chi connectivity index (χ4v) is 4.32. The molecule has 36 heavy (non-hydrogen) atoms. The number of carbonyl (C=O) groups excluding carboxylic acids is 1. The molecule has 0 aliphatic carbocycles. The van der Waals surface area contributed by atoms with E-state index in [0.29, 0.717) is 16.6 Å². The molecule has 1 saturated heterocycles. The van der Waals surface area contributed by atoms with Gasteiger partial charge in [-0.2, -0.15) is 4.98 Å². The van der Waals surface area contributed by atoms with Crippen LogP contribution in [-0.4, -0.2) is 78.7 Å². The predicted octanol–water partition coefficient (Wildman–Crippen LogP) is 2.92. The van der Waals surface area contributed by atoms with Crippen molar-refractivity contribution in [2.75, 3.05) is 25.5 Å². The third kappa shape index (κ3) is 4.05. The standard InChI is InChI=1S/C22H22F4N8O2/c1-11(23)7-33-16-6-13(4-5-15(16)29-31-33)18-14(24)8-34-19(18)20(36-3)28-21(30-34)27-17-9-32(12(2)35)10-22(17,25)26/h4-6,8,11,17H,7,9-10H2,1-3H3,(H,27,30)/t11-,17-/m1/s1. The molecule has 1 aliphatic heterocycles. The summed E-state index contributed by atoms with van der Waals surface area (Å²) in [6.45, 7) is 1.62. The molecule has 190 valence electrons. The van der Waals surface area contributed by atoms with Crippen LogP contribution in [0, 0.1) is 5.82 Å². The molecule has 0 bridgehead atoms. The predicted molar refractivity (Wildman–Crippen MR) is 121 cm³/mol. The Bertz CT molecular complexity index is 1470. The maximum absolute atomic E-state index is 15.2. The van der Waals surface area contributed by atoms with Crippen LogP contribution in [0.2, 0.25) is 0 Å². The number of methoxy groups -OCH3 is 1. The first-order valence-corrected chi connectivity index (χ1v) is 11.1. The number of anilines is 1. The third-order valence-corrected chi connectivity index (χ3v) is 6.04. The van der Waals surface area contributed by atoms with Crippen molar-refractivity contribution in [1.29, 1.82) is 0 Å². The van der Waals surface area contributed by atoms with Crippen molar-refractivity contribution in [2.24, 2.45) is 0 Å². The molecule has 1 amide bonds. The molecule has 0 unspecified atom stereocenters. The Kier molecular flexibility index (Phi) is 5.68. The number of fused-ring (bicyclic) bond motifs is 2. The summed E-state index contributed by atoms with van der Waals surface area (Å²) in [7, 11) is 1.31. The van der Waals surface area contributed by atoms with Gasteiger partial charge in [-0.1, -0.05) is 11.3 Å². The molecule has 3 aromatic heterocycles. The number of aromatic nitrogens is 6. The highest BCUT2D eigenvalue weighted by atomic mass is 19.3. The fourth-order valence-electron chi connectivity index (χ4n) is 4.32. The first-order valence-electron chi connectivity index (χ1n) is 11.1. The zero-order valence-corrected chi connectivity index (χ0v) is 19.5. The van der Waals surface area contributed by atoms with E-state index in [-0.39, 0.29) is 36.0 Å². The lowest BCUT2D eigenvalue weighted by molar-refractivity contribution is -0.129. The van der Waals surface area contributed by atoms with Crippen LogP contribution in [0.3, 0.4) is 0 Å². The van der Waals surface area contributed by atoms with Gasteiger partial charge in [0.05, 0.1) is 37.5 Å². The molecule has 1 fully saturated rings. The molecule has 10 nitrogen and oxygen atoms in total. The lowest BCUT2D eigenvalue weighted by Gasteiger charge is -2.19. The van der Waals surface area contributed by atoms with E-state index in [1.54, 1.807) is 18.2 Å². The Hall–Kier alpha value is -3.97. The molecule has 1 aliphatic rings. The molecular formula is C22H22F4N8O2. The highest BCUT2D eigenvalue weighted by molar-refractivity contribution is 5.89. The van der Waals surface area contributed by atoms with Crippen LogP contribution in [0.25, 0.3) is 27.7 Å². The first-order chi connectivity index (χ1) is 17.1. The molecule has 0 saturated carbocycles. The molecule has 0 radical (unpaired) electrons. The van der Waals surface area contributed by atoms with E-state index < -0.39 is 36.4 Å². The van der Waals surface area contributed by atoms with Crippen LogP contribution < -0.4 is 10.1 Å². The molecule has 1 N–H and O–H groups in total. The van der Waals surface area contributed by atoms with E-state index in [4.69, 9.17) is 4.74 Å². The average molecular weight is 506 g/mol. The van der Waals surface area contributed by atoms with E-state index >= 15 is 4.39 Å². The second-order valence-electron chi connectivity index (χ2n) is 8.70. The van der Waals surface area contributed by atoms with Gasteiger partial charge in [-0.05, 0) is 24.6 Å². The van der Waals surface area contributed by atoms with Gasteiger partial charge in [0.1, 0.15) is 23.2 Å². The SMILES string of the molecule is COc1nc(N[C@@H]2CN(C(C)=O)CC2(F)F)nn2cc(F)c(-c3ccc4nnn(C[C@@H](C)F)c4c3)c12. The highest BCUT2D eigenvalue weighted by Gasteiger charge is 2.49. The lowest BCUT2D eigenvalue weighted by Crippen LogP contribution is -2.38. The normalized spacial score (nSPS) is 18.2. The van der Waals surface area contributed by atoms with Crippen LogP contribution in [0.15, 0.2) is 24.4 Å². The first kappa shape index (κ1) is 23.8. The van der Waals surface area contributed by atoms with Crippen molar-refractivity contribution >= 4 is 28.4 Å². The second-order valence-corrected chi connectivity index (χ2v) is 8.70. The molecule has 2 atom stereocenters. The van der Waals surface area contributed by atoms with Crippen molar-refractivity contribution < 1.29 is 27.1 Å². The van der Waals surface area contributed by atoms with E-state index in [1.165, 1.54) is 25.6 Å². The van der Waals surface area contributed by atoms with Gasteiger partial charge >= 0.3 is 0 Å². The van der Waals surface area contributed by atoms with Crippen molar-refractivity contribution in [3.8, 4) is 17.0 Å². The Balaban J connectivity index is 1.55. The molecule has 4 aromatic rings. The maximum atomic E-state index is 15.2. The summed E-state index contributed by atoms with van der Waals surface area (Å²) >= 11 is 0. The van der Waals surface area contributed by atoms with Crippen molar-refractivity contribution in [1.82, 2.24) is 34.5 Å². The van der Waals surface area contributed by atoms with Crippen molar-refractivity contribution in [3.63, 3.8) is 0 Å². The number of likely N-dealkylation sites (tertiary alicyclic amines) is 1. The molecule has 5 rings (SSSR count). The van der Waals surface area contributed by atoms with E-state index in [9.17, 15) is 18.0 Å². The minimum Gasteiger partial charge on any atom is -0.479 e. The number of nitrogens with one attached hydrogen (secondary N) is 1. The fraction of sp³-hybridized carbons (Fsp3) is 0.409. The number of benzene rings is 1. The number of hydrogen-bond acceptors (Lipinski definition) is 7. The van der Waals surface area contributed by atoms with Crippen molar-refractivity contribution in [3.05, 3.63) is 30.2 Å². The van der Waals surface area contributed by atoms with Gasteiger partial charge in [0.2, 0.25) is 17.7 Å². The van der Waals surface area contributed by atoms with Gasteiger partial charge in [0, 0.05) is 13.5 Å². The average Bonchev–Trinajstić information content (AvgIpc) is 3.45. The number of alkyl halides is 3. The van der Waals surface area contributed by atoms with Gasteiger partial charge in [0.25, 0.3) is 5.92 Å². The zero-order valence-electron chi connectivity index (χ0n) is 19.5. The summed E-state index contributed by atoms with van der Waals surface area (Å²) in [6, 6.07) is 3.44. The summed E-state index contributed by atoms with van der Waals surface area (Å²) in [5.74, 6) is -4.62. The van der Waals surface area contributed by atoms with Gasteiger partial charge in [0.15, 0.2) is 5.82 Å². The van der Waals surface area contributed by atoms with Crippen LogP contribution in [-0.2, 0) is 11.3 Å².